The highest BCUT2D eigenvalue weighted by Gasteiger charge is 2.27. The number of aromatic nitrogens is 2. The molecule has 0 N–H and O–H groups in total. The molecule has 1 amide bonds. The van der Waals surface area contributed by atoms with Crippen molar-refractivity contribution in [1.82, 2.24) is 9.78 Å². The van der Waals surface area contributed by atoms with E-state index < -0.39 is 0 Å². The molecule has 126 valence electrons. The second-order valence-corrected chi connectivity index (χ2v) is 6.56. The minimum atomic E-state index is -0.0203. The quantitative estimate of drug-likeness (QED) is 0.709. The van der Waals surface area contributed by atoms with E-state index >= 15 is 0 Å². The highest BCUT2D eigenvalue weighted by molar-refractivity contribution is 6.06. The number of anilines is 1. The van der Waals surface area contributed by atoms with Gasteiger partial charge in [-0.3, -0.25) is 4.79 Å². The molecule has 25 heavy (non-hydrogen) atoms. The average molecular weight is 331 g/mol. The van der Waals surface area contributed by atoms with E-state index in [1.807, 2.05) is 52.9 Å². The fourth-order valence-electron chi connectivity index (χ4n) is 3.60. The molecule has 4 rings (SSSR count). The molecular formula is C21H21N3O. The molecule has 0 radical (unpaired) electrons. The summed E-state index contributed by atoms with van der Waals surface area (Å²) in [6.45, 7) is 4.79. The molecule has 0 saturated heterocycles. The number of aryl methyl sites for hydroxylation is 3. The number of benzene rings is 2. The van der Waals surface area contributed by atoms with Crippen LogP contribution in [0.1, 0.15) is 33.7 Å². The minimum absolute atomic E-state index is 0.0203. The molecule has 1 aliphatic rings. The summed E-state index contributed by atoms with van der Waals surface area (Å²) in [5, 5.41) is 4.58. The molecule has 1 aromatic heterocycles. The third-order valence-corrected chi connectivity index (χ3v) is 4.77. The summed E-state index contributed by atoms with van der Waals surface area (Å²) in [6, 6.07) is 18.0. The summed E-state index contributed by atoms with van der Waals surface area (Å²) in [4.78, 5) is 15.1. The van der Waals surface area contributed by atoms with Gasteiger partial charge >= 0.3 is 0 Å². The summed E-state index contributed by atoms with van der Waals surface area (Å²) < 4.78 is 1.83. The molecule has 0 saturated carbocycles. The Morgan fingerprint density at radius 2 is 1.84 bits per heavy atom. The highest BCUT2D eigenvalue weighted by Crippen LogP contribution is 2.31. The summed E-state index contributed by atoms with van der Waals surface area (Å²) in [7, 11) is 0. The molecule has 0 spiro atoms. The second-order valence-electron chi connectivity index (χ2n) is 6.56. The number of hydrogen-bond acceptors (Lipinski definition) is 2. The lowest BCUT2D eigenvalue weighted by Crippen LogP contribution is -2.36. The zero-order valence-corrected chi connectivity index (χ0v) is 14.6. The Balaban J connectivity index is 1.72. The molecule has 2 heterocycles. The van der Waals surface area contributed by atoms with E-state index in [9.17, 15) is 4.79 Å². The smallest absolute Gasteiger partial charge is 0.278 e. The predicted molar refractivity (Wildman–Crippen MR) is 99.5 cm³/mol. The summed E-state index contributed by atoms with van der Waals surface area (Å²) in [5.41, 5.74) is 5.87. The van der Waals surface area contributed by atoms with E-state index in [1.165, 1.54) is 5.56 Å². The van der Waals surface area contributed by atoms with E-state index in [2.05, 4.69) is 30.2 Å². The molecule has 2 aromatic carbocycles. The number of fused-ring (bicyclic) bond motifs is 1. The number of carbonyl (C=O) groups excluding carboxylic acids is 1. The van der Waals surface area contributed by atoms with Crippen LogP contribution in [0.25, 0.3) is 5.69 Å². The predicted octanol–water partition coefficient (Wildman–Crippen LogP) is 4.08. The van der Waals surface area contributed by atoms with Crippen LogP contribution in [0.2, 0.25) is 0 Å². The van der Waals surface area contributed by atoms with Crippen molar-refractivity contribution in [2.75, 3.05) is 11.4 Å². The zero-order valence-electron chi connectivity index (χ0n) is 14.6. The van der Waals surface area contributed by atoms with Crippen molar-refractivity contribution in [3.8, 4) is 5.69 Å². The molecule has 0 aliphatic carbocycles. The Bertz CT molecular complexity index is 928. The van der Waals surface area contributed by atoms with Gasteiger partial charge in [0.25, 0.3) is 5.91 Å². The first-order valence-electron chi connectivity index (χ1n) is 8.67. The van der Waals surface area contributed by atoms with Crippen LogP contribution >= 0.6 is 0 Å². The lowest BCUT2D eigenvalue weighted by atomic mass is 9.98. The largest absolute Gasteiger partial charge is 0.306 e. The van der Waals surface area contributed by atoms with Gasteiger partial charge in [0, 0.05) is 12.2 Å². The molecule has 4 nitrogen and oxygen atoms in total. The van der Waals surface area contributed by atoms with Gasteiger partial charge < -0.3 is 4.90 Å². The van der Waals surface area contributed by atoms with Crippen molar-refractivity contribution in [2.24, 2.45) is 0 Å². The highest BCUT2D eigenvalue weighted by atomic mass is 16.2. The SMILES string of the molecule is Cc1cccc2c1N(C(=O)c1cc(C)n(-c3ccccc3)n1)CCC2. The van der Waals surface area contributed by atoms with Crippen LogP contribution in [-0.2, 0) is 6.42 Å². The summed E-state index contributed by atoms with van der Waals surface area (Å²) in [6.07, 6.45) is 2.01. The van der Waals surface area contributed by atoms with Gasteiger partial charge in [-0.2, -0.15) is 5.10 Å². The van der Waals surface area contributed by atoms with Gasteiger partial charge in [0.2, 0.25) is 0 Å². The van der Waals surface area contributed by atoms with Crippen molar-refractivity contribution in [3.63, 3.8) is 0 Å². The fraction of sp³-hybridized carbons (Fsp3) is 0.238. The van der Waals surface area contributed by atoms with Crippen LogP contribution < -0.4 is 4.90 Å². The standard InChI is InChI=1S/C21H21N3O/c1-15-8-6-9-17-10-7-13-23(20(15)17)21(25)19-14-16(2)24(22-19)18-11-4-3-5-12-18/h3-6,8-9,11-12,14H,7,10,13H2,1-2H3. The Hall–Kier alpha value is -2.88. The van der Waals surface area contributed by atoms with Gasteiger partial charge in [0.1, 0.15) is 0 Å². The van der Waals surface area contributed by atoms with E-state index in [0.29, 0.717) is 5.69 Å². The van der Waals surface area contributed by atoms with Crippen LogP contribution in [0, 0.1) is 13.8 Å². The second kappa shape index (κ2) is 6.20. The fourth-order valence-corrected chi connectivity index (χ4v) is 3.60. The van der Waals surface area contributed by atoms with E-state index in [-0.39, 0.29) is 5.91 Å². The Kier molecular flexibility index (Phi) is 3.88. The number of hydrogen-bond donors (Lipinski definition) is 0. The van der Waals surface area contributed by atoms with Crippen LogP contribution in [0.15, 0.2) is 54.6 Å². The number of carbonyl (C=O) groups is 1. The molecular weight excluding hydrogens is 310 g/mol. The lowest BCUT2D eigenvalue weighted by molar-refractivity contribution is 0.0979. The number of rotatable bonds is 2. The first kappa shape index (κ1) is 15.6. The molecule has 3 aromatic rings. The normalized spacial score (nSPS) is 13.6. The van der Waals surface area contributed by atoms with Crippen molar-refractivity contribution in [3.05, 3.63) is 77.1 Å². The molecule has 0 unspecified atom stereocenters. The maximum absolute atomic E-state index is 13.2. The summed E-state index contributed by atoms with van der Waals surface area (Å²) in [5.74, 6) is -0.0203. The monoisotopic (exact) mass is 331 g/mol. The van der Waals surface area contributed by atoms with Gasteiger partial charge in [-0.15, -0.1) is 0 Å². The first-order chi connectivity index (χ1) is 12.1. The van der Waals surface area contributed by atoms with Crippen molar-refractivity contribution < 1.29 is 4.79 Å². The van der Waals surface area contributed by atoms with Crippen LogP contribution in [0.5, 0.6) is 0 Å². The van der Waals surface area contributed by atoms with Crippen molar-refractivity contribution >= 4 is 11.6 Å². The van der Waals surface area contributed by atoms with E-state index in [4.69, 9.17) is 0 Å². The van der Waals surface area contributed by atoms with Gasteiger partial charge in [-0.1, -0.05) is 36.4 Å². The molecule has 0 bridgehead atoms. The van der Waals surface area contributed by atoms with Crippen LogP contribution in [-0.4, -0.2) is 22.2 Å². The number of amides is 1. The van der Waals surface area contributed by atoms with Crippen molar-refractivity contribution in [2.45, 2.75) is 26.7 Å². The van der Waals surface area contributed by atoms with Crippen molar-refractivity contribution in [1.29, 1.82) is 0 Å². The molecule has 1 aliphatic heterocycles. The lowest BCUT2D eigenvalue weighted by Gasteiger charge is -2.30. The third-order valence-electron chi connectivity index (χ3n) is 4.77. The van der Waals surface area contributed by atoms with Gasteiger partial charge in [-0.05, 0) is 56.0 Å². The van der Waals surface area contributed by atoms with E-state index in [0.717, 1.165) is 42.0 Å². The molecule has 0 fully saturated rings. The topological polar surface area (TPSA) is 38.1 Å². The third kappa shape index (κ3) is 2.74. The van der Waals surface area contributed by atoms with Gasteiger partial charge in [0.05, 0.1) is 11.4 Å². The molecule has 0 atom stereocenters. The Labute approximate surface area is 147 Å². The molecule has 4 heteroatoms. The van der Waals surface area contributed by atoms with Gasteiger partial charge in [0.15, 0.2) is 5.69 Å². The maximum Gasteiger partial charge on any atom is 0.278 e. The zero-order chi connectivity index (χ0) is 17.4. The van der Waals surface area contributed by atoms with E-state index in [1.54, 1.807) is 0 Å². The van der Waals surface area contributed by atoms with Crippen LogP contribution in [0.3, 0.4) is 0 Å². The summed E-state index contributed by atoms with van der Waals surface area (Å²) >= 11 is 0. The average Bonchev–Trinajstić information content (AvgIpc) is 3.03. The Morgan fingerprint density at radius 1 is 1.04 bits per heavy atom. The minimum Gasteiger partial charge on any atom is -0.306 e. The maximum atomic E-state index is 13.2. The number of nitrogens with zero attached hydrogens (tertiary/aromatic N) is 3. The van der Waals surface area contributed by atoms with Crippen LogP contribution in [0.4, 0.5) is 5.69 Å². The number of para-hydroxylation sites is 2. The van der Waals surface area contributed by atoms with Gasteiger partial charge in [-0.25, -0.2) is 4.68 Å². The first-order valence-corrected chi connectivity index (χ1v) is 8.67. The Morgan fingerprint density at radius 3 is 2.64 bits per heavy atom.